The Hall–Kier alpha value is 2.01. The fourth-order valence-electron chi connectivity index (χ4n) is 0. The van der Waals surface area contributed by atoms with Gasteiger partial charge < -0.3 is 0 Å². The minimum absolute atomic E-state index is 0. The van der Waals surface area contributed by atoms with E-state index in [1.54, 1.807) is 0 Å². The normalized spacial score (nSPS) is 12.5. The summed E-state index contributed by atoms with van der Waals surface area (Å²) in [6, 6.07) is 0. The second kappa shape index (κ2) is 7.01. The summed E-state index contributed by atoms with van der Waals surface area (Å²) in [4.78, 5) is 0. The Labute approximate surface area is 83.2 Å². The Balaban J connectivity index is 0. The molecule has 2 atom stereocenters. The van der Waals surface area contributed by atoms with E-state index < -0.39 is 0 Å². The first-order valence-corrected chi connectivity index (χ1v) is 2.69. The summed E-state index contributed by atoms with van der Waals surface area (Å²) in [5.74, 6) is 0. The quantitative estimate of drug-likeness (QED) is 0.613. The van der Waals surface area contributed by atoms with E-state index in [1.165, 1.54) is 6.42 Å². The van der Waals surface area contributed by atoms with Gasteiger partial charge in [-0.25, -0.2) is 0 Å². The third kappa shape index (κ3) is 9.38. The van der Waals surface area contributed by atoms with Crippen LogP contribution in [-0.2, 0) is 0 Å². The van der Waals surface area contributed by atoms with Crippen molar-refractivity contribution in [2.45, 2.75) is 25.9 Å². The van der Waals surface area contributed by atoms with E-state index in [9.17, 15) is 0 Å². The van der Waals surface area contributed by atoms with Crippen molar-refractivity contribution in [3.8, 4) is 0 Å². The van der Waals surface area contributed by atoms with E-state index >= 15 is 0 Å². The Morgan fingerprint density at radius 3 is 1.83 bits per heavy atom. The Kier molecular flexibility index (Phi) is 12.7. The van der Waals surface area contributed by atoms with E-state index in [1.807, 2.05) is 0 Å². The first kappa shape index (κ1) is 10.9. The van der Waals surface area contributed by atoms with E-state index in [-0.39, 0.29) is 49.4 Å². The van der Waals surface area contributed by atoms with Crippen molar-refractivity contribution < 1.29 is 49.4 Å². The Morgan fingerprint density at radius 2 is 1.83 bits per heavy atom. The molecule has 6 heavy (non-hydrogen) atoms. The predicted octanol–water partition coefficient (Wildman–Crippen LogP) is 1.66. The molecule has 0 aromatic rings. The molecule has 0 aliphatic carbocycles. The average molecular weight is 242 g/mol. The molecule has 0 N–H and O–H groups in total. The van der Waals surface area contributed by atoms with Crippen LogP contribution in [0.25, 0.3) is 0 Å². The SMILES string of the molecule is CCC(C)P.[Eu]. The molecule has 0 fully saturated rings. The van der Waals surface area contributed by atoms with Gasteiger partial charge in [-0.3, -0.25) is 0 Å². The second-order valence-corrected chi connectivity index (χ2v) is 2.52. The Morgan fingerprint density at radius 1 is 1.67 bits per heavy atom. The van der Waals surface area contributed by atoms with E-state index in [0.717, 1.165) is 5.66 Å². The maximum Gasteiger partial charge on any atom is 0 e. The van der Waals surface area contributed by atoms with Crippen LogP contribution >= 0.6 is 9.24 Å². The first-order chi connectivity index (χ1) is 2.27. The zero-order valence-corrected chi connectivity index (χ0v) is 7.82. The minimum atomic E-state index is 0. The molecular weight excluding hydrogens is 231 g/mol. The number of hydrogen-bond acceptors (Lipinski definition) is 0. The first-order valence-electron chi connectivity index (χ1n) is 2.03. The van der Waals surface area contributed by atoms with Crippen LogP contribution in [0.2, 0.25) is 0 Å². The fourth-order valence-corrected chi connectivity index (χ4v) is 0. The molecule has 39 valence electrons. The van der Waals surface area contributed by atoms with Crippen LogP contribution in [0.1, 0.15) is 20.3 Å². The molecule has 0 spiro atoms. The molecule has 0 aliphatic rings. The summed E-state index contributed by atoms with van der Waals surface area (Å²) >= 11 is 0. The van der Waals surface area contributed by atoms with Crippen molar-refractivity contribution in [1.29, 1.82) is 0 Å². The van der Waals surface area contributed by atoms with Gasteiger partial charge in [0.25, 0.3) is 0 Å². The molecule has 0 nitrogen and oxygen atoms in total. The summed E-state index contributed by atoms with van der Waals surface area (Å²) in [5, 5.41) is 0. The topological polar surface area (TPSA) is 0 Å². The van der Waals surface area contributed by atoms with Crippen LogP contribution in [0.5, 0.6) is 0 Å². The molecule has 0 saturated carbocycles. The van der Waals surface area contributed by atoms with Crippen molar-refractivity contribution in [3.63, 3.8) is 0 Å². The molecule has 0 rings (SSSR count). The van der Waals surface area contributed by atoms with Crippen LogP contribution < -0.4 is 0 Å². The standard InChI is InChI=1S/C4H11P.Eu/c1-3-4(2)5;/h4H,3,5H2,1-2H3;. The molecule has 2 heteroatoms. The van der Waals surface area contributed by atoms with Gasteiger partial charge >= 0.3 is 0 Å². The van der Waals surface area contributed by atoms with Crippen LogP contribution in [-0.4, -0.2) is 5.66 Å². The van der Waals surface area contributed by atoms with Crippen LogP contribution in [0.3, 0.4) is 0 Å². The zero-order valence-electron chi connectivity index (χ0n) is 4.24. The summed E-state index contributed by atoms with van der Waals surface area (Å²) in [6.07, 6.45) is 1.27. The van der Waals surface area contributed by atoms with Crippen molar-refractivity contribution in [3.05, 3.63) is 0 Å². The van der Waals surface area contributed by atoms with Crippen LogP contribution in [0, 0.1) is 49.4 Å². The molecule has 0 aromatic carbocycles. The van der Waals surface area contributed by atoms with Crippen LogP contribution in [0.15, 0.2) is 0 Å². The molecule has 0 amide bonds. The van der Waals surface area contributed by atoms with Crippen molar-refractivity contribution in [2.75, 3.05) is 0 Å². The van der Waals surface area contributed by atoms with Crippen molar-refractivity contribution in [2.24, 2.45) is 0 Å². The molecule has 0 aliphatic heterocycles. The third-order valence-corrected chi connectivity index (χ3v) is 1.12. The predicted molar refractivity (Wildman–Crippen MR) is 29.5 cm³/mol. The van der Waals surface area contributed by atoms with Gasteiger partial charge in [0.05, 0.1) is 0 Å². The molecule has 0 heterocycles. The summed E-state index contributed by atoms with van der Waals surface area (Å²) in [5.41, 5.74) is 0.801. The van der Waals surface area contributed by atoms with Crippen molar-refractivity contribution in [1.82, 2.24) is 0 Å². The van der Waals surface area contributed by atoms with Gasteiger partial charge in [0.2, 0.25) is 0 Å². The van der Waals surface area contributed by atoms with E-state index in [0.29, 0.717) is 0 Å². The van der Waals surface area contributed by atoms with Gasteiger partial charge in [-0.1, -0.05) is 20.3 Å². The monoisotopic (exact) mass is 243 g/mol. The summed E-state index contributed by atoms with van der Waals surface area (Å²) in [7, 11) is 2.73. The molecule has 1 radical (unpaired) electrons. The van der Waals surface area contributed by atoms with Crippen molar-refractivity contribution >= 4 is 9.24 Å². The van der Waals surface area contributed by atoms with Gasteiger partial charge in [0.15, 0.2) is 0 Å². The summed E-state index contributed by atoms with van der Waals surface area (Å²) < 4.78 is 0. The molecule has 0 bridgehead atoms. The largest absolute Gasteiger partial charge is 0.135 e. The molecule has 0 saturated heterocycles. The molecule has 0 aromatic heterocycles. The van der Waals surface area contributed by atoms with Gasteiger partial charge in [0, 0.05) is 49.4 Å². The van der Waals surface area contributed by atoms with E-state index in [4.69, 9.17) is 0 Å². The maximum absolute atomic E-state index is 2.73. The molecular formula is C4H11EuP. The van der Waals surface area contributed by atoms with E-state index in [2.05, 4.69) is 23.1 Å². The number of hydrogen-bond donors (Lipinski definition) is 0. The van der Waals surface area contributed by atoms with Gasteiger partial charge in [-0.15, -0.1) is 9.24 Å². The van der Waals surface area contributed by atoms with Gasteiger partial charge in [-0.2, -0.15) is 0 Å². The maximum atomic E-state index is 2.73. The second-order valence-electron chi connectivity index (χ2n) is 1.39. The smallest absolute Gasteiger partial charge is 0 e. The van der Waals surface area contributed by atoms with Gasteiger partial charge in [-0.05, 0) is 5.66 Å². The third-order valence-electron chi connectivity index (χ3n) is 0.644. The van der Waals surface area contributed by atoms with Gasteiger partial charge in [0.1, 0.15) is 0 Å². The fraction of sp³-hybridized carbons (Fsp3) is 1.00. The zero-order chi connectivity index (χ0) is 4.28. The minimum Gasteiger partial charge on any atom is -0.135 e. The molecule has 2 unspecified atom stereocenters. The van der Waals surface area contributed by atoms with Crippen LogP contribution in [0.4, 0.5) is 0 Å². The number of rotatable bonds is 1. The average Bonchev–Trinajstić information content (AvgIpc) is 1.38. The Bertz CT molecular complexity index is 21.5. The summed E-state index contributed by atoms with van der Waals surface area (Å²) in [6.45, 7) is 4.36.